The Hall–Kier alpha value is -1.91. The van der Waals surface area contributed by atoms with Crippen molar-refractivity contribution in [3.8, 4) is 0 Å². The monoisotopic (exact) mass is 267 g/mol. The van der Waals surface area contributed by atoms with Gasteiger partial charge in [-0.3, -0.25) is 0 Å². The van der Waals surface area contributed by atoms with E-state index in [2.05, 4.69) is 5.32 Å². The van der Waals surface area contributed by atoms with E-state index in [9.17, 15) is 13.2 Å². The van der Waals surface area contributed by atoms with E-state index in [1.54, 1.807) is 6.26 Å². The number of furan rings is 1. The van der Waals surface area contributed by atoms with Gasteiger partial charge in [0.1, 0.15) is 5.76 Å². The standard InChI is InChI=1S/C14H12F3NO/c15-10-6-8(7-11(16)14(10)17)18-12-2-1-3-13-9(12)4-5-19-13/h4-7,12,18H,1-3H2. The van der Waals surface area contributed by atoms with Crippen molar-refractivity contribution < 1.29 is 17.6 Å². The number of hydrogen-bond acceptors (Lipinski definition) is 2. The zero-order valence-electron chi connectivity index (χ0n) is 10.1. The molecule has 100 valence electrons. The average molecular weight is 267 g/mol. The molecule has 1 N–H and O–H groups in total. The zero-order valence-corrected chi connectivity index (χ0v) is 10.1. The lowest BCUT2D eigenvalue weighted by atomic mass is 9.93. The van der Waals surface area contributed by atoms with Crippen LogP contribution in [0.3, 0.4) is 0 Å². The Labute approximate surface area is 108 Å². The van der Waals surface area contributed by atoms with Crippen molar-refractivity contribution in [3.05, 3.63) is 53.2 Å². The van der Waals surface area contributed by atoms with Crippen molar-refractivity contribution in [1.29, 1.82) is 0 Å². The Morgan fingerprint density at radius 2 is 1.89 bits per heavy atom. The molecule has 0 aliphatic heterocycles. The highest BCUT2D eigenvalue weighted by Crippen LogP contribution is 2.33. The molecular weight excluding hydrogens is 255 g/mol. The molecule has 1 atom stereocenters. The molecule has 0 saturated carbocycles. The fraction of sp³-hybridized carbons (Fsp3) is 0.286. The second kappa shape index (κ2) is 4.64. The lowest BCUT2D eigenvalue weighted by molar-refractivity contribution is 0.446. The molecular formula is C14H12F3NO. The molecule has 1 unspecified atom stereocenters. The van der Waals surface area contributed by atoms with Gasteiger partial charge in [-0.05, 0) is 18.9 Å². The number of rotatable bonds is 2. The van der Waals surface area contributed by atoms with Gasteiger partial charge < -0.3 is 9.73 Å². The SMILES string of the molecule is Fc1cc(NC2CCCc3occc32)cc(F)c1F. The van der Waals surface area contributed by atoms with Gasteiger partial charge in [0.05, 0.1) is 12.3 Å². The molecule has 0 radical (unpaired) electrons. The summed E-state index contributed by atoms with van der Waals surface area (Å²) < 4.78 is 44.5. The quantitative estimate of drug-likeness (QED) is 0.825. The Balaban J connectivity index is 1.87. The normalized spacial score (nSPS) is 18.2. The number of halogens is 3. The minimum atomic E-state index is -1.45. The van der Waals surface area contributed by atoms with Crippen LogP contribution in [-0.4, -0.2) is 0 Å². The van der Waals surface area contributed by atoms with Gasteiger partial charge in [0.2, 0.25) is 0 Å². The van der Waals surface area contributed by atoms with Gasteiger partial charge in [-0.2, -0.15) is 0 Å². The van der Waals surface area contributed by atoms with Crippen molar-refractivity contribution in [2.75, 3.05) is 5.32 Å². The maximum atomic E-state index is 13.2. The van der Waals surface area contributed by atoms with Crippen LogP contribution in [0.25, 0.3) is 0 Å². The maximum absolute atomic E-state index is 13.2. The molecule has 1 aliphatic carbocycles. The smallest absolute Gasteiger partial charge is 0.194 e. The third-order valence-electron chi connectivity index (χ3n) is 3.38. The first-order valence-corrected chi connectivity index (χ1v) is 6.12. The molecule has 0 spiro atoms. The van der Waals surface area contributed by atoms with E-state index in [1.165, 1.54) is 0 Å². The molecule has 19 heavy (non-hydrogen) atoms. The second-order valence-electron chi connectivity index (χ2n) is 4.64. The minimum absolute atomic E-state index is 0.0632. The summed E-state index contributed by atoms with van der Waals surface area (Å²) in [6.45, 7) is 0. The van der Waals surface area contributed by atoms with Crippen LogP contribution in [0.4, 0.5) is 18.9 Å². The summed E-state index contributed by atoms with van der Waals surface area (Å²) in [6, 6.07) is 3.72. The summed E-state index contributed by atoms with van der Waals surface area (Å²) in [5.74, 6) is -2.93. The first-order chi connectivity index (χ1) is 9.15. The van der Waals surface area contributed by atoms with Crippen LogP contribution in [0.5, 0.6) is 0 Å². The fourth-order valence-corrected chi connectivity index (χ4v) is 2.48. The van der Waals surface area contributed by atoms with E-state index >= 15 is 0 Å². The first-order valence-electron chi connectivity index (χ1n) is 6.12. The van der Waals surface area contributed by atoms with E-state index in [0.29, 0.717) is 0 Å². The summed E-state index contributed by atoms with van der Waals surface area (Å²) in [4.78, 5) is 0. The summed E-state index contributed by atoms with van der Waals surface area (Å²) in [7, 11) is 0. The second-order valence-corrected chi connectivity index (χ2v) is 4.64. The number of aryl methyl sites for hydroxylation is 1. The van der Waals surface area contributed by atoms with E-state index < -0.39 is 17.5 Å². The topological polar surface area (TPSA) is 25.2 Å². The minimum Gasteiger partial charge on any atom is -0.469 e. The number of fused-ring (bicyclic) bond motifs is 1. The van der Waals surface area contributed by atoms with Gasteiger partial charge >= 0.3 is 0 Å². The van der Waals surface area contributed by atoms with Gasteiger partial charge in [0.15, 0.2) is 17.5 Å². The molecule has 2 nitrogen and oxygen atoms in total. The number of anilines is 1. The Kier molecular flexibility index (Phi) is 2.97. The van der Waals surface area contributed by atoms with E-state index in [1.807, 2.05) is 6.07 Å². The van der Waals surface area contributed by atoms with Crippen LogP contribution in [0.2, 0.25) is 0 Å². The molecule has 5 heteroatoms. The van der Waals surface area contributed by atoms with Crippen molar-refractivity contribution in [3.63, 3.8) is 0 Å². The third kappa shape index (κ3) is 2.20. The number of benzene rings is 1. The predicted molar refractivity (Wildman–Crippen MR) is 64.3 cm³/mol. The molecule has 1 aromatic carbocycles. The third-order valence-corrected chi connectivity index (χ3v) is 3.38. The molecule has 0 amide bonds. The van der Waals surface area contributed by atoms with Crippen molar-refractivity contribution in [1.82, 2.24) is 0 Å². The van der Waals surface area contributed by atoms with Crippen LogP contribution in [-0.2, 0) is 6.42 Å². The summed E-state index contributed by atoms with van der Waals surface area (Å²) >= 11 is 0. The summed E-state index contributed by atoms with van der Waals surface area (Å²) in [5, 5.41) is 3.03. The van der Waals surface area contributed by atoms with Gasteiger partial charge in [-0.15, -0.1) is 0 Å². The Morgan fingerprint density at radius 3 is 2.63 bits per heavy atom. The molecule has 0 fully saturated rings. The van der Waals surface area contributed by atoms with Crippen molar-refractivity contribution in [2.45, 2.75) is 25.3 Å². The Bertz CT molecular complexity index is 585. The van der Waals surface area contributed by atoms with Gasteiger partial charge in [0.25, 0.3) is 0 Å². The van der Waals surface area contributed by atoms with Crippen molar-refractivity contribution >= 4 is 5.69 Å². The number of hydrogen-bond donors (Lipinski definition) is 1. The summed E-state index contributed by atoms with van der Waals surface area (Å²) in [5.41, 5.74) is 1.23. The van der Waals surface area contributed by atoms with E-state index in [4.69, 9.17) is 4.42 Å². The van der Waals surface area contributed by atoms with Crippen LogP contribution in [0.1, 0.15) is 30.2 Å². The van der Waals surface area contributed by atoms with E-state index in [-0.39, 0.29) is 11.7 Å². The van der Waals surface area contributed by atoms with E-state index in [0.717, 1.165) is 42.7 Å². The first kappa shape index (κ1) is 12.1. The van der Waals surface area contributed by atoms with Crippen molar-refractivity contribution in [2.24, 2.45) is 0 Å². The molecule has 3 rings (SSSR count). The lowest BCUT2D eigenvalue weighted by Crippen LogP contribution is -2.16. The lowest BCUT2D eigenvalue weighted by Gasteiger charge is -2.23. The van der Waals surface area contributed by atoms with Crippen LogP contribution in [0.15, 0.2) is 28.9 Å². The fourth-order valence-electron chi connectivity index (χ4n) is 2.48. The maximum Gasteiger partial charge on any atom is 0.194 e. The molecule has 1 heterocycles. The highest BCUT2D eigenvalue weighted by Gasteiger charge is 2.23. The van der Waals surface area contributed by atoms with Gasteiger partial charge in [-0.1, -0.05) is 0 Å². The van der Waals surface area contributed by atoms with Crippen LogP contribution >= 0.6 is 0 Å². The zero-order chi connectivity index (χ0) is 13.4. The largest absolute Gasteiger partial charge is 0.469 e. The molecule has 1 aromatic heterocycles. The Morgan fingerprint density at radius 1 is 1.16 bits per heavy atom. The molecule has 0 bridgehead atoms. The average Bonchev–Trinajstić information content (AvgIpc) is 2.85. The highest BCUT2D eigenvalue weighted by molar-refractivity contribution is 5.47. The predicted octanol–water partition coefficient (Wildman–Crippen LogP) is 4.19. The highest BCUT2D eigenvalue weighted by atomic mass is 19.2. The number of nitrogens with one attached hydrogen (secondary N) is 1. The van der Waals surface area contributed by atoms with Gasteiger partial charge in [-0.25, -0.2) is 13.2 Å². The van der Waals surface area contributed by atoms with Gasteiger partial charge in [0, 0.05) is 29.8 Å². The van der Waals surface area contributed by atoms with Crippen LogP contribution in [0, 0.1) is 17.5 Å². The molecule has 1 aliphatic rings. The molecule has 2 aromatic rings. The summed E-state index contributed by atoms with van der Waals surface area (Å²) in [6.07, 6.45) is 4.25. The molecule has 0 saturated heterocycles. The van der Waals surface area contributed by atoms with Crippen LogP contribution < -0.4 is 5.32 Å².